The van der Waals surface area contributed by atoms with E-state index in [1.54, 1.807) is 13.3 Å². The average Bonchev–Trinajstić information content (AvgIpc) is 2.83. The number of benzene rings is 1. The van der Waals surface area contributed by atoms with Crippen molar-refractivity contribution in [1.82, 2.24) is 10.2 Å². The van der Waals surface area contributed by atoms with Gasteiger partial charge in [-0.3, -0.25) is 5.10 Å². The van der Waals surface area contributed by atoms with E-state index in [0.29, 0.717) is 36.3 Å². The lowest BCUT2D eigenvalue weighted by Crippen LogP contribution is -2.16. The second-order valence-corrected chi connectivity index (χ2v) is 4.84. The maximum absolute atomic E-state index is 5.89. The van der Waals surface area contributed by atoms with Crippen LogP contribution in [0.25, 0.3) is 11.1 Å². The van der Waals surface area contributed by atoms with Gasteiger partial charge in [0.15, 0.2) is 11.5 Å². The van der Waals surface area contributed by atoms with E-state index in [0.717, 1.165) is 15.6 Å². The third kappa shape index (κ3) is 1.90. The summed E-state index contributed by atoms with van der Waals surface area (Å²) in [6, 6.07) is 1.83. The lowest BCUT2D eigenvalue weighted by atomic mass is 10.0. The Kier molecular flexibility index (Phi) is 2.98. The zero-order valence-corrected chi connectivity index (χ0v) is 11.8. The summed E-state index contributed by atoms with van der Waals surface area (Å²) in [6.45, 7) is 1.01. The molecule has 0 amide bonds. The molecular weight excluding hydrogens is 314 g/mol. The number of anilines is 1. The van der Waals surface area contributed by atoms with Crippen LogP contribution in [0, 0.1) is 0 Å². The molecule has 3 rings (SSSR count). The molecule has 0 aliphatic carbocycles. The predicted molar refractivity (Wildman–Crippen MR) is 73.7 cm³/mol. The van der Waals surface area contributed by atoms with E-state index in [-0.39, 0.29) is 0 Å². The van der Waals surface area contributed by atoms with Gasteiger partial charge in [0.1, 0.15) is 24.8 Å². The van der Waals surface area contributed by atoms with Gasteiger partial charge in [-0.05, 0) is 15.9 Å². The number of fused-ring (bicyclic) bond motifs is 1. The van der Waals surface area contributed by atoms with Crippen molar-refractivity contribution in [3.8, 4) is 28.4 Å². The summed E-state index contributed by atoms with van der Waals surface area (Å²) >= 11 is 3.46. The first-order valence-electron chi connectivity index (χ1n) is 5.67. The number of hydrogen-bond acceptors (Lipinski definition) is 5. The van der Waals surface area contributed by atoms with Gasteiger partial charge in [0.2, 0.25) is 0 Å². The van der Waals surface area contributed by atoms with Crippen LogP contribution < -0.4 is 19.9 Å². The lowest BCUT2D eigenvalue weighted by molar-refractivity contribution is 0.171. The third-order valence-electron chi connectivity index (χ3n) is 2.88. The van der Waals surface area contributed by atoms with E-state index in [1.807, 2.05) is 6.07 Å². The number of ether oxygens (including phenoxy) is 3. The summed E-state index contributed by atoms with van der Waals surface area (Å²) in [7, 11) is 1.59. The van der Waals surface area contributed by atoms with Crippen LogP contribution in [0.2, 0.25) is 0 Å². The van der Waals surface area contributed by atoms with Crippen molar-refractivity contribution >= 4 is 21.7 Å². The molecule has 1 aliphatic rings. The Morgan fingerprint density at radius 1 is 1.42 bits per heavy atom. The molecular formula is C12H12BrN3O3. The zero-order valence-electron chi connectivity index (χ0n) is 10.2. The number of aromatic nitrogens is 2. The molecule has 19 heavy (non-hydrogen) atoms. The summed E-state index contributed by atoms with van der Waals surface area (Å²) in [5.74, 6) is 2.37. The van der Waals surface area contributed by atoms with Gasteiger partial charge in [-0.15, -0.1) is 0 Å². The van der Waals surface area contributed by atoms with Crippen LogP contribution in [0.3, 0.4) is 0 Å². The van der Waals surface area contributed by atoms with Gasteiger partial charge in [0.25, 0.3) is 0 Å². The van der Waals surface area contributed by atoms with Crippen LogP contribution in [0.5, 0.6) is 17.2 Å². The second kappa shape index (κ2) is 4.65. The van der Waals surface area contributed by atoms with Gasteiger partial charge >= 0.3 is 0 Å². The van der Waals surface area contributed by atoms with Crippen molar-refractivity contribution in [3.05, 3.63) is 16.7 Å². The molecule has 0 fully saturated rings. The molecule has 2 aromatic rings. The fraction of sp³-hybridized carbons (Fsp3) is 0.250. The minimum absolute atomic E-state index is 0.452. The maximum atomic E-state index is 5.89. The molecule has 0 saturated carbocycles. The lowest BCUT2D eigenvalue weighted by Gasteiger charge is -2.23. The highest BCUT2D eigenvalue weighted by Crippen LogP contribution is 2.50. The summed E-state index contributed by atoms with van der Waals surface area (Å²) in [5.41, 5.74) is 7.35. The van der Waals surface area contributed by atoms with Gasteiger partial charge in [-0.2, -0.15) is 5.10 Å². The van der Waals surface area contributed by atoms with Gasteiger partial charge in [0, 0.05) is 6.07 Å². The molecule has 1 aliphatic heterocycles. The number of hydrogen-bond donors (Lipinski definition) is 2. The molecule has 0 saturated heterocycles. The van der Waals surface area contributed by atoms with Crippen LogP contribution in [0.1, 0.15) is 0 Å². The highest BCUT2D eigenvalue weighted by Gasteiger charge is 2.26. The Morgan fingerprint density at radius 2 is 2.21 bits per heavy atom. The molecule has 100 valence electrons. The SMILES string of the molecule is COc1c(Br)cc2c(c1-c1cn[nH]c1N)OCCO2. The molecule has 0 unspecified atom stereocenters. The average molecular weight is 326 g/mol. The third-order valence-corrected chi connectivity index (χ3v) is 3.47. The summed E-state index contributed by atoms with van der Waals surface area (Å²) < 4.78 is 17.5. The van der Waals surface area contributed by atoms with Gasteiger partial charge < -0.3 is 19.9 Å². The second-order valence-electron chi connectivity index (χ2n) is 3.99. The molecule has 0 spiro atoms. The summed E-state index contributed by atoms with van der Waals surface area (Å²) in [6.07, 6.45) is 1.64. The Morgan fingerprint density at radius 3 is 2.89 bits per heavy atom. The van der Waals surface area contributed by atoms with Crippen molar-refractivity contribution in [1.29, 1.82) is 0 Å². The summed E-state index contributed by atoms with van der Waals surface area (Å²) in [4.78, 5) is 0. The largest absolute Gasteiger partial charge is 0.495 e. The fourth-order valence-corrected chi connectivity index (χ4v) is 2.65. The standard InChI is InChI=1S/C12H12BrN3O3/c1-17-10-7(13)4-8-11(19-3-2-18-8)9(10)6-5-15-16-12(6)14/h4-5H,2-3H2,1H3,(H3,14,15,16). The van der Waals surface area contributed by atoms with Crippen LogP contribution in [0.4, 0.5) is 5.82 Å². The smallest absolute Gasteiger partial charge is 0.173 e. The number of nitrogen functional groups attached to an aromatic ring is 1. The molecule has 0 radical (unpaired) electrons. The number of rotatable bonds is 2. The molecule has 0 atom stereocenters. The first-order valence-corrected chi connectivity index (χ1v) is 6.47. The van der Waals surface area contributed by atoms with Crippen molar-refractivity contribution in [2.24, 2.45) is 0 Å². The minimum atomic E-state index is 0.452. The van der Waals surface area contributed by atoms with E-state index in [1.165, 1.54) is 0 Å². The molecule has 2 heterocycles. The van der Waals surface area contributed by atoms with Crippen LogP contribution in [0.15, 0.2) is 16.7 Å². The van der Waals surface area contributed by atoms with Crippen molar-refractivity contribution in [2.75, 3.05) is 26.1 Å². The number of nitrogens with zero attached hydrogens (tertiary/aromatic N) is 1. The van der Waals surface area contributed by atoms with Gasteiger partial charge in [0.05, 0.1) is 28.9 Å². The number of nitrogens with two attached hydrogens (primary N) is 1. The number of methoxy groups -OCH3 is 1. The predicted octanol–water partition coefficient (Wildman–Crippen LogP) is 2.20. The number of nitrogens with one attached hydrogen (secondary N) is 1. The van der Waals surface area contributed by atoms with Crippen LogP contribution in [-0.2, 0) is 0 Å². The first-order chi connectivity index (χ1) is 9.22. The van der Waals surface area contributed by atoms with Crippen molar-refractivity contribution in [3.63, 3.8) is 0 Å². The zero-order chi connectivity index (χ0) is 13.4. The van der Waals surface area contributed by atoms with Crippen molar-refractivity contribution < 1.29 is 14.2 Å². The Bertz CT molecular complexity index is 627. The topological polar surface area (TPSA) is 82.4 Å². The normalized spacial score (nSPS) is 13.4. The van der Waals surface area contributed by atoms with E-state index >= 15 is 0 Å². The number of halogens is 1. The van der Waals surface area contributed by atoms with E-state index < -0.39 is 0 Å². The maximum Gasteiger partial charge on any atom is 0.173 e. The monoisotopic (exact) mass is 325 g/mol. The quantitative estimate of drug-likeness (QED) is 0.884. The molecule has 0 bridgehead atoms. The summed E-state index contributed by atoms with van der Waals surface area (Å²) in [5, 5.41) is 6.64. The van der Waals surface area contributed by atoms with Crippen LogP contribution in [-0.4, -0.2) is 30.5 Å². The highest BCUT2D eigenvalue weighted by molar-refractivity contribution is 9.10. The molecule has 6 nitrogen and oxygen atoms in total. The molecule has 1 aromatic carbocycles. The molecule has 3 N–H and O–H groups in total. The minimum Gasteiger partial charge on any atom is -0.495 e. The van der Waals surface area contributed by atoms with E-state index in [2.05, 4.69) is 26.1 Å². The molecule has 1 aromatic heterocycles. The first kappa shape index (κ1) is 12.2. The van der Waals surface area contributed by atoms with E-state index in [9.17, 15) is 0 Å². The van der Waals surface area contributed by atoms with Crippen LogP contribution >= 0.6 is 15.9 Å². The molecule has 7 heteroatoms. The Balaban J connectivity index is 2.31. The Hall–Kier alpha value is -1.89. The van der Waals surface area contributed by atoms with Crippen molar-refractivity contribution in [2.45, 2.75) is 0 Å². The number of aromatic amines is 1. The van der Waals surface area contributed by atoms with E-state index in [4.69, 9.17) is 19.9 Å². The Labute approximate surface area is 118 Å². The number of H-pyrrole nitrogens is 1. The van der Waals surface area contributed by atoms with Gasteiger partial charge in [-0.25, -0.2) is 0 Å². The fourth-order valence-electron chi connectivity index (χ4n) is 2.08. The highest BCUT2D eigenvalue weighted by atomic mass is 79.9. The van der Waals surface area contributed by atoms with Gasteiger partial charge in [-0.1, -0.05) is 0 Å².